The van der Waals surface area contributed by atoms with E-state index in [9.17, 15) is 13.6 Å². The predicted molar refractivity (Wildman–Crippen MR) is 96.3 cm³/mol. The van der Waals surface area contributed by atoms with Crippen LogP contribution in [0.15, 0.2) is 54.6 Å². The molecule has 0 aromatic heterocycles. The summed E-state index contributed by atoms with van der Waals surface area (Å²) in [6, 6.07) is 13.5. The fourth-order valence-electron chi connectivity index (χ4n) is 2.51. The van der Waals surface area contributed by atoms with Crippen molar-refractivity contribution in [2.75, 3.05) is 14.2 Å². The number of rotatable bonds is 7. The van der Waals surface area contributed by atoms with E-state index in [0.717, 1.165) is 5.56 Å². The van der Waals surface area contributed by atoms with E-state index in [1.165, 1.54) is 18.2 Å². The van der Waals surface area contributed by atoms with Crippen molar-refractivity contribution in [1.82, 2.24) is 4.90 Å². The number of benzene rings is 2. The van der Waals surface area contributed by atoms with Crippen LogP contribution in [0.5, 0.6) is 11.5 Å². The highest BCUT2D eigenvalue weighted by atomic mass is 19.3. The highest BCUT2D eigenvalue weighted by Gasteiger charge is 2.18. The van der Waals surface area contributed by atoms with Gasteiger partial charge >= 0.3 is 6.61 Å². The zero-order valence-electron chi connectivity index (χ0n) is 14.9. The highest BCUT2D eigenvalue weighted by Crippen LogP contribution is 2.28. The minimum atomic E-state index is -2.92. The van der Waals surface area contributed by atoms with Gasteiger partial charge in [-0.1, -0.05) is 36.4 Å². The molecule has 2 aromatic rings. The third kappa shape index (κ3) is 4.81. The number of likely N-dealkylation sites (N-methyl/N-ethyl adjacent to an activating group) is 1. The Morgan fingerprint density at radius 3 is 2.35 bits per heavy atom. The molecule has 0 saturated carbocycles. The van der Waals surface area contributed by atoms with E-state index in [1.807, 2.05) is 31.2 Å². The number of carbonyl (C=O) groups excluding carboxylic acids is 1. The Hall–Kier alpha value is -2.89. The molecule has 26 heavy (non-hydrogen) atoms. The Kier molecular flexibility index (Phi) is 6.72. The summed E-state index contributed by atoms with van der Waals surface area (Å²) in [7, 11) is 3.25. The fourth-order valence-corrected chi connectivity index (χ4v) is 2.51. The van der Waals surface area contributed by atoms with Gasteiger partial charge in [-0.3, -0.25) is 4.79 Å². The number of nitrogens with zero attached hydrogens (tertiary/aromatic N) is 1. The lowest BCUT2D eigenvalue weighted by Gasteiger charge is -2.25. The second kappa shape index (κ2) is 8.99. The van der Waals surface area contributed by atoms with Crippen LogP contribution >= 0.6 is 0 Å². The van der Waals surface area contributed by atoms with Gasteiger partial charge < -0.3 is 14.4 Å². The molecule has 0 aliphatic heterocycles. The molecular formula is C20H21F2NO3. The van der Waals surface area contributed by atoms with Gasteiger partial charge in [0.25, 0.3) is 0 Å². The molecule has 0 aliphatic carbocycles. The van der Waals surface area contributed by atoms with E-state index in [1.54, 1.807) is 37.3 Å². The molecule has 2 aromatic carbocycles. The molecule has 1 unspecified atom stereocenters. The van der Waals surface area contributed by atoms with E-state index in [0.29, 0.717) is 11.3 Å². The first-order valence-electron chi connectivity index (χ1n) is 8.05. The number of methoxy groups -OCH3 is 1. The number of hydrogen-bond donors (Lipinski definition) is 0. The summed E-state index contributed by atoms with van der Waals surface area (Å²) in [6.45, 7) is -1.04. The van der Waals surface area contributed by atoms with E-state index < -0.39 is 6.61 Å². The maximum Gasteiger partial charge on any atom is 0.387 e. The van der Waals surface area contributed by atoms with Gasteiger partial charge in [0.1, 0.15) is 11.5 Å². The molecule has 1 amide bonds. The summed E-state index contributed by atoms with van der Waals surface area (Å²) >= 11 is 0. The molecule has 1 atom stereocenters. The molecule has 138 valence electrons. The van der Waals surface area contributed by atoms with Gasteiger partial charge in [0.15, 0.2) is 0 Å². The standard InChI is InChI=1S/C20H21F2NO3/c1-14(16-9-5-7-11-18(16)25-3)23(2)19(24)13-12-15-8-4-6-10-17(15)26-20(21)22/h4-14,20H,1-3H3/b13-12+. The van der Waals surface area contributed by atoms with Crippen LogP contribution in [-0.2, 0) is 4.79 Å². The van der Waals surface area contributed by atoms with Crippen LogP contribution in [0, 0.1) is 0 Å². The van der Waals surface area contributed by atoms with Crippen molar-refractivity contribution in [2.24, 2.45) is 0 Å². The maximum atomic E-state index is 12.5. The Morgan fingerprint density at radius 1 is 1.08 bits per heavy atom. The summed E-state index contributed by atoms with van der Waals surface area (Å²) in [5.74, 6) is 0.446. The first kappa shape index (κ1) is 19.4. The minimum absolute atomic E-state index is 0.0204. The largest absolute Gasteiger partial charge is 0.496 e. The number of hydrogen-bond acceptors (Lipinski definition) is 3. The molecule has 2 rings (SSSR count). The monoisotopic (exact) mass is 361 g/mol. The first-order chi connectivity index (χ1) is 12.4. The van der Waals surface area contributed by atoms with Crippen LogP contribution in [0.1, 0.15) is 24.1 Å². The van der Waals surface area contributed by atoms with Gasteiger partial charge in [-0.25, -0.2) is 0 Å². The number of halogens is 2. The molecule has 0 bridgehead atoms. The van der Waals surface area contributed by atoms with Crippen LogP contribution in [0.2, 0.25) is 0 Å². The molecule has 0 N–H and O–H groups in total. The summed E-state index contributed by atoms with van der Waals surface area (Å²) in [5.41, 5.74) is 1.28. The van der Waals surface area contributed by atoms with Crippen LogP contribution in [-0.4, -0.2) is 31.6 Å². The first-order valence-corrected chi connectivity index (χ1v) is 8.05. The lowest BCUT2D eigenvalue weighted by molar-refractivity contribution is -0.126. The lowest BCUT2D eigenvalue weighted by atomic mass is 10.1. The van der Waals surface area contributed by atoms with Gasteiger partial charge in [-0.15, -0.1) is 0 Å². The van der Waals surface area contributed by atoms with Crippen LogP contribution in [0.3, 0.4) is 0 Å². The van der Waals surface area contributed by atoms with Gasteiger partial charge in [-0.05, 0) is 25.1 Å². The normalized spacial score (nSPS) is 12.2. The predicted octanol–water partition coefficient (Wildman–Crippen LogP) is 4.53. The van der Waals surface area contributed by atoms with Crippen molar-refractivity contribution >= 4 is 12.0 Å². The van der Waals surface area contributed by atoms with Gasteiger partial charge in [-0.2, -0.15) is 8.78 Å². The molecule has 4 nitrogen and oxygen atoms in total. The lowest BCUT2D eigenvalue weighted by Crippen LogP contribution is -2.28. The second-order valence-corrected chi connectivity index (χ2v) is 5.62. The molecule has 0 spiro atoms. The van der Waals surface area contributed by atoms with Crippen molar-refractivity contribution in [2.45, 2.75) is 19.6 Å². The van der Waals surface area contributed by atoms with Crippen LogP contribution in [0.25, 0.3) is 6.08 Å². The van der Waals surface area contributed by atoms with Crippen LogP contribution in [0.4, 0.5) is 8.78 Å². The number of para-hydroxylation sites is 2. The number of ether oxygens (including phenoxy) is 2. The molecule has 0 radical (unpaired) electrons. The summed E-state index contributed by atoms with van der Waals surface area (Å²) in [6.07, 6.45) is 2.80. The molecule has 6 heteroatoms. The Balaban J connectivity index is 2.15. The number of alkyl halides is 2. The summed E-state index contributed by atoms with van der Waals surface area (Å²) in [4.78, 5) is 14.0. The molecule has 0 fully saturated rings. The molecule has 0 saturated heterocycles. The summed E-state index contributed by atoms with van der Waals surface area (Å²) in [5, 5.41) is 0. The van der Waals surface area contributed by atoms with Crippen molar-refractivity contribution < 1.29 is 23.0 Å². The Labute approximate surface area is 151 Å². The minimum Gasteiger partial charge on any atom is -0.496 e. The van der Waals surface area contributed by atoms with E-state index >= 15 is 0 Å². The molecular weight excluding hydrogens is 340 g/mol. The number of amides is 1. The number of carbonyl (C=O) groups is 1. The third-order valence-corrected chi connectivity index (χ3v) is 4.06. The Bertz CT molecular complexity index is 777. The van der Waals surface area contributed by atoms with Crippen LogP contribution < -0.4 is 9.47 Å². The van der Waals surface area contributed by atoms with E-state index in [4.69, 9.17) is 4.74 Å². The molecule has 0 heterocycles. The summed E-state index contributed by atoms with van der Waals surface area (Å²) < 4.78 is 34.7. The smallest absolute Gasteiger partial charge is 0.387 e. The topological polar surface area (TPSA) is 38.8 Å². The Morgan fingerprint density at radius 2 is 1.69 bits per heavy atom. The zero-order valence-corrected chi connectivity index (χ0v) is 14.9. The quantitative estimate of drug-likeness (QED) is 0.680. The van der Waals surface area contributed by atoms with E-state index in [2.05, 4.69) is 4.74 Å². The van der Waals surface area contributed by atoms with Crippen molar-refractivity contribution in [3.8, 4) is 11.5 Å². The van der Waals surface area contributed by atoms with Crippen molar-refractivity contribution in [1.29, 1.82) is 0 Å². The van der Waals surface area contributed by atoms with Crippen molar-refractivity contribution in [3.63, 3.8) is 0 Å². The van der Waals surface area contributed by atoms with E-state index in [-0.39, 0.29) is 17.7 Å². The van der Waals surface area contributed by atoms with Gasteiger partial charge in [0.2, 0.25) is 5.91 Å². The third-order valence-electron chi connectivity index (χ3n) is 4.06. The second-order valence-electron chi connectivity index (χ2n) is 5.62. The molecule has 0 aliphatic rings. The zero-order chi connectivity index (χ0) is 19.1. The highest BCUT2D eigenvalue weighted by molar-refractivity contribution is 5.92. The van der Waals surface area contributed by atoms with Gasteiger partial charge in [0, 0.05) is 24.3 Å². The maximum absolute atomic E-state index is 12.5. The fraction of sp³-hybridized carbons (Fsp3) is 0.250. The average Bonchev–Trinajstić information content (AvgIpc) is 2.65. The average molecular weight is 361 g/mol. The van der Waals surface area contributed by atoms with Crippen molar-refractivity contribution in [3.05, 3.63) is 65.7 Å². The van der Waals surface area contributed by atoms with Gasteiger partial charge in [0.05, 0.1) is 13.2 Å². The SMILES string of the molecule is COc1ccccc1C(C)N(C)C(=O)/C=C/c1ccccc1OC(F)F.